The van der Waals surface area contributed by atoms with Crippen LogP contribution >= 0.6 is 11.3 Å². The molecule has 0 unspecified atom stereocenters. The van der Waals surface area contributed by atoms with E-state index in [2.05, 4.69) is 23.2 Å². The minimum Gasteiger partial charge on any atom is -0.383 e. The predicted octanol–water partition coefficient (Wildman–Crippen LogP) is 4.40. The third kappa shape index (κ3) is 1.96. The van der Waals surface area contributed by atoms with Gasteiger partial charge in [-0.05, 0) is 36.1 Å². The molecule has 2 heterocycles. The molecule has 4 rings (SSSR count). The smallest absolute Gasteiger partial charge is 0.172 e. The van der Waals surface area contributed by atoms with Gasteiger partial charge in [-0.3, -0.25) is 0 Å². The molecular weight excluding hydrogens is 278 g/mol. The number of para-hydroxylation sites is 1. The lowest BCUT2D eigenvalue weighted by atomic mass is 10.1. The summed E-state index contributed by atoms with van der Waals surface area (Å²) in [7, 11) is 0. The van der Waals surface area contributed by atoms with Crippen molar-refractivity contribution in [3.63, 3.8) is 0 Å². The highest BCUT2D eigenvalue weighted by Crippen LogP contribution is 2.33. The van der Waals surface area contributed by atoms with E-state index in [4.69, 9.17) is 10.7 Å². The highest BCUT2D eigenvalue weighted by molar-refractivity contribution is 7.22. The molecule has 0 atom stereocenters. The van der Waals surface area contributed by atoms with Crippen molar-refractivity contribution in [2.75, 3.05) is 5.73 Å². The van der Waals surface area contributed by atoms with Crippen LogP contribution in [0.25, 0.3) is 31.7 Å². The number of thiophene rings is 1. The molecule has 0 aliphatic carbocycles. The van der Waals surface area contributed by atoms with E-state index in [1.165, 1.54) is 10.1 Å². The van der Waals surface area contributed by atoms with Crippen LogP contribution in [0.5, 0.6) is 0 Å². The third-order valence-electron chi connectivity index (χ3n) is 3.60. The number of hydrogen-bond acceptors (Lipinski definition) is 4. The van der Waals surface area contributed by atoms with Gasteiger partial charge in [-0.15, -0.1) is 11.3 Å². The maximum absolute atomic E-state index is 6.11. The SMILES string of the molecule is Cc1cccc2c(N)nc(-c3cc4ccccc4s3)nc12. The van der Waals surface area contributed by atoms with Crippen LogP contribution in [0.2, 0.25) is 0 Å². The number of nitrogens with two attached hydrogens (primary N) is 1. The molecule has 0 saturated carbocycles. The van der Waals surface area contributed by atoms with Gasteiger partial charge >= 0.3 is 0 Å². The Bertz CT molecular complexity index is 939. The first-order valence-corrected chi connectivity index (χ1v) is 7.56. The van der Waals surface area contributed by atoms with Crippen molar-refractivity contribution in [1.82, 2.24) is 9.97 Å². The second-order valence-corrected chi connectivity index (χ2v) is 6.14. The fraction of sp³-hybridized carbons (Fsp3) is 0.0588. The van der Waals surface area contributed by atoms with Crippen molar-refractivity contribution >= 4 is 38.1 Å². The number of nitrogen functional groups attached to an aromatic ring is 1. The van der Waals surface area contributed by atoms with Gasteiger partial charge in [-0.2, -0.15) is 0 Å². The Morgan fingerprint density at radius 3 is 2.71 bits per heavy atom. The van der Waals surface area contributed by atoms with Gasteiger partial charge in [0.15, 0.2) is 5.82 Å². The van der Waals surface area contributed by atoms with Crippen LogP contribution in [0.3, 0.4) is 0 Å². The summed E-state index contributed by atoms with van der Waals surface area (Å²) in [6.45, 7) is 2.05. The number of anilines is 1. The van der Waals surface area contributed by atoms with Gasteiger partial charge in [-0.25, -0.2) is 9.97 Å². The van der Waals surface area contributed by atoms with E-state index in [0.29, 0.717) is 11.6 Å². The molecule has 102 valence electrons. The Labute approximate surface area is 126 Å². The van der Waals surface area contributed by atoms with E-state index in [1.54, 1.807) is 11.3 Å². The van der Waals surface area contributed by atoms with Gasteiger partial charge in [0.2, 0.25) is 0 Å². The first-order valence-electron chi connectivity index (χ1n) is 6.74. The molecule has 4 aromatic rings. The molecule has 0 spiro atoms. The summed E-state index contributed by atoms with van der Waals surface area (Å²) in [5, 5.41) is 2.13. The van der Waals surface area contributed by atoms with Crippen LogP contribution in [0.1, 0.15) is 5.56 Å². The summed E-state index contributed by atoms with van der Waals surface area (Å²) in [5.41, 5.74) is 8.15. The monoisotopic (exact) mass is 291 g/mol. The van der Waals surface area contributed by atoms with Crippen molar-refractivity contribution in [2.24, 2.45) is 0 Å². The number of aryl methyl sites for hydroxylation is 1. The van der Waals surface area contributed by atoms with E-state index in [9.17, 15) is 0 Å². The summed E-state index contributed by atoms with van der Waals surface area (Å²) in [6.07, 6.45) is 0. The summed E-state index contributed by atoms with van der Waals surface area (Å²) >= 11 is 1.69. The van der Waals surface area contributed by atoms with Gasteiger partial charge in [0.1, 0.15) is 5.82 Å². The topological polar surface area (TPSA) is 51.8 Å². The molecular formula is C17H13N3S. The Kier molecular flexibility index (Phi) is 2.65. The molecule has 3 nitrogen and oxygen atoms in total. The van der Waals surface area contributed by atoms with Crippen LogP contribution in [-0.4, -0.2) is 9.97 Å². The van der Waals surface area contributed by atoms with Crippen molar-refractivity contribution in [1.29, 1.82) is 0 Å². The molecule has 0 fully saturated rings. The maximum atomic E-state index is 6.11. The summed E-state index contributed by atoms with van der Waals surface area (Å²) in [4.78, 5) is 10.3. The zero-order valence-corrected chi connectivity index (χ0v) is 12.3. The molecule has 2 aromatic heterocycles. The van der Waals surface area contributed by atoms with E-state index >= 15 is 0 Å². The standard InChI is InChI=1S/C17H13N3S/c1-10-5-4-7-12-15(10)19-17(20-16(12)18)14-9-11-6-2-3-8-13(11)21-14/h2-9H,1H3,(H2,18,19,20). The molecule has 2 aromatic carbocycles. The van der Waals surface area contributed by atoms with Crippen molar-refractivity contribution in [3.8, 4) is 10.7 Å². The summed E-state index contributed by atoms with van der Waals surface area (Å²) in [5.74, 6) is 1.24. The molecule has 0 saturated heterocycles. The quantitative estimate of drug-likeness (QED) is 0.565. The molecule has 0 radical (unpaired) electrons. The Morgan fingerprint density at radius 1 is 1.00 bits per heavy atom. The zero-order chi connectivity index (χ0) is 14.4. The molecule has 4 heteroatoms. The van der Waals surface area contributed by atoms with Crippen molar-refractivity contribution < 1.29 is 0 Å². The van der Waals surface area contributed by atoms with Crippen LogP contribution in [0.4, 0.5) is 5.82 Å². The van der Waals surface area contributed by atoms with Crippen LogP contribution in [0.15, 0.2) is 48.5 Å². The molecule has 0 amide bonds. The first-order chi connectivity index (χ1) is 10.2. The number of rotatable bonds is 1. The Hall–Kier alpha value is -2.46. The fourth-order valence-corrected chi connectivity index (χ4v) is 3.52. The number of hydrogen-bond donors (Lipinski definition) is 1. The lowest BCUT2D eigenvalue weighted by Gasteiger charge is -2.05. The number of benzene rings is 2. The molecule has 0 bridgehead atoms. The third-order valence-corrected chi connectivity index (χ3v) is 4.72. The highest BCUT2D eigenvalue weighted by atomic mass is 32.1. The van der Waals surface area contributed by atoms with Crippen molar-refractivity contribution in [2.45, 2.75) is 6.92 Å². The average molecular weight is 291 g/mol. The number of aromatic nitrogens is 2. The lowest BCUT2D eigenvalue weighted by Crippen LogP contribution is -1.98. The normalized spacial score (nSPS) is 11.3. The molecule has 21 heavy (non-hydrogen) atoms. The second kappa shape index (κ2) is 4.53. The Balaban J connectivity index is 1.99. The van der Waals surface area contributed by atoms with E-state index in [0.717, 1.165) is 21.3 Å². The van der Waals surface area contributed by atoms with Gasteiger partial charge in [0.05, 0.1) is 10.4 Å². The average Bonchev–Trinajstić information content (AvgIpc) is 2.92. The van der Waals surface area contributed by atoms with Gasteiger partial charge in [-0.1, -0.05) is 30.3 Å². The number of fused-ring (bicyclic) bond motifs is 2. The lowest BCUT2D eigenvalue weighted by molar-refractivity contribution is 1.23. The number of nitrogens with zero attached hydrogens (tertiary/aromatic N) is 2. The van der Waals surface area contributed by atoms with Gasteiger partial charge in [0.25, 0.3) is 0 Å². The van der Waals surface area contributed by atoms with Crippen LogP contribution < -0.4 is 5.73 Å². The van der Waals surface area contributed by atoms with E-state index in [-0.39, 0.29) is 0 Å². The highest BCUT2D eigenvalue weighted by Gasteiger charge is 2.11. The van der Waals surface area contributed by atoms with Gasteiger partial charge in [0, 0.05) is 10.1 Å². The minimum atomic E-state index is 0.538. The van der Waals surface area contributed by atoms with E-state index < -0.39 is 0 Å². The van der Waals surface area contributed by atoms with Crippen LogP contribution in [0, 0.1) is 6.92 Å². The maximum Gasteiger partial charge on any atom is 0.172 e. The summed E-state index contributed by atoms with van der Waals surface area (Å²) < 4.78 is 1.24. The minimum absolute atomic E-state index is 0.538. The van der Waals surface area contributed by atoms with Gasteiger partial charge < -0.3 is 5.73 Å². The Morgan fingerprint density at radius 2 is 1.86 bits per heavy atom. The molecule has 0 aliphatic rings. The molecule has 0 aliphatic heterocycles. The first kappa shape index (κ1) is 12.3. The summed E-state index contributed by atoms with van der Waals surface area (Å²) in [6, 6.07) is 16.4. The molecule has 2 N–H and O–H groups in total. The largest absolute Gasteiger partial charge is 0.383 e. The van der Waals surface area contributed by atoms with E-state index in [1.807, 2.05) is 37.3 Å². The zero-order valence-electron chi connectivity index (χ0n) is 11.5. The fourth-order valence-electron chi connectivity index (χ4n) is 2.52. The second-order valence-electron chi connectivity index (χ2n) is 5.05. The van der Waals surface area contributed by atoms with Crippen molar-refractivity contribution in [3.05, 3.63) is 54.1 Å². The predicted molar refractivity (Wildman–Crippen MR) is 89.5 cm³/mol. The van der Waals surface area contributed by atoms with Crippen LogP contribution in [-0.2, 0) is 0 Å².